The number of hydrogen-bond donors (Lipinski definition) is 1. The van der Waals surface area contributed by atoms with Crippen molar-refractivity contribution in [1.82, 2.24) is 5.32 Å². The van der Waals surface area contributed by atoms with Crippen molar-refractivity contribution in [3.63, 3.8) is 0 Å². The van der Waals surface area contributed by atoms with Crippen LogP contribution in [-0.2, 0) is 38.1 Å². The van der Waals surface area contributed by atoms with E-state index in [0.717, 1.165) is 19.8 Å². The lowest BCUT2D eigenvalue weighted by atomic mass is 9.88. The molecule has 0 aliphatic rings. The minimum absolute atomic E-state index is 0.0233. The highest BCUT2D eigenvalue weighted by atomic mass is 32.2. The van der Waals surface area contributed by atoms with Crippen molar-refractivity contribution in [2.24, 2.45) is 11.8 Å². The van der Waals surface area contributed by atoms with E-state index in [2.05, 4.69) is 5.32 Å². The molecule has 36 heavy (non-hydrogen) atoms. The van der Waals surface area contributed by atoms with Crippen LogP contribution in [0.15, 0.2) is 29.2 Å². The Morgan fingerprint density at radius 2 is 1.53 bits per heavy atom. The lowest BCUT2D eigenvalue weighted by Gasteiger charge is -2.28. The summed E-state index contributed by atoms with van der Waals surface area (Å²) in [5, 5.41) is 2.61. The molecule has 1 rings (SSSR count). The molecule has 0 aliphatic carbocycles. The fraction of sp³-hybridized carbons (Fsp3) is 0.640. The molecule has 0 fully saturated rings. The number of ether oxygens (including phenoxy) is 3. The van der Waals surface area contributed by atoms with Crippen molar-refractivity contribution in [1.29, 1.82) is 0 Å². The molecule has 1 aromatic carbocycles. The standard InChI is InChI=1S/C25H39NO9S/c1-17-11-13-19(14-12-17)36(30,31)34-15-9-8-10-18(2)16-20(26-24(29)35-25(3,4)5)21(22(27)32-6)23(28)33-7/h11-14,18,20-21H,8-10,15-16H2,1-7H3,(H,26,29). The van der Waals surface area contributed by atoms with E-state index in [4.69, 9.17) is 18.4 Å². The van der Waals surface area contributed by atoms with Crippen LogP contribution in [-0.4, -0.2) is 58.9 Å². The van der Waals surface area contributed by atoms with Gasteiger partial charge in [0.25, 0.3) is 10.1 Å². The number of methoxy groups -OCH3 is 2. The molecule has 0 heterocycles. The van der Waals surface area contributed by atoms with E-state index < -0.39 is 45.7 Å². The molecule has 0 aliphatic heterocycles. The van der Waals surface area contributed by atoms with E-state index >= 15 is 0 Å². The molecule has 0 saturated heterocycles. The maximum absolute atomic E-state index is 12.4. The Morgan fingerprint density at radius 3 is 2.03 bits per heavy atom. The number of unbranched alkanes of at least 4 members (excludes halogenated alkanes) is 1. The fourth-order valence-electron chi connectivity index (χ4n) is 3.50. The van der Waals surface area contributed by atoms with Gasteiger partial charge in [0.1, 0.15) is 5.60 Å². The van der Waals surface area contributed by atoms with Gasteiger partial charge in [-0.2, -0.15) is 8.42 Å². The van der Waals surface area contributed by atoms with Crippen molar-refractivity contribution in [2.45, 2.75) is 76.8 Å². The Balaban J connectivity index is 2.73. The van der Waals surface area contributed by atoms with Gasteiger partial charge in [0.2, 0.25) is 0 Å². The van der Waals surface area contributed by atoms with Gasteiger partial charge in [-0.05, 0) is 58.6 Å². The van der Waals surface area contributed by atoms with Crippen molar-refractivity contribution in [3.8, 4) is 0 Å². The molecule has 204 valence electrons. The fourth-order valence-corrected chi connectivity index (χ4v) is 4.45. The predicted octanol–water partition coefficient (Wildman–Crippen LogP) is 3.75. The van der Waals surface area contributed by atoms with E-state index in [1.54, 1.807) is 32.9 Å². The zero-order chi connectivity index (χ0) is 27.5. The Bertz CT molecular complexity index is 952. The van der Waals surface area contributed by atoms with Crippen molar-refractivity contribution >= 4 is 28.1 Å². The van der Waals surface area contributed by atoms with Crippen LogP contribution in [0.2, 0.25) is 0 Å². The number of carbonyl (C=O) groups excluding carboxylic acids is 3. The third kappa shape index (κ3) is 10.9. The van der Waals surface area contributed by atoms with Gasteiger partial charge in [-0.1, -0.05) is 37.5 Å². The summed E-state index contributed by atoms with van der Waals surface area (Å²) in [6.45, 7) is 8.88. The minimum Gasteiger partial charge on any atom is -0.468 e. The van der Waals surface area contributed by atoms with Gasteiger partial charge in [-0.15, -0.1) is 0 Å². The second-order valence-corrected chi connectivity index (χ2v) is 11.3. The molecular weight excluding hydrogens is 490 g/mol. The molecule has 0 saturated carbocycles. The predicted molar refractivity (Wildman–Crippen MR) is 133 cm³/mol. The molecule has 0 aromatic heterocycles. The third-order valence-corrected chi connectivity index (χ3v) is 6.64. The van der Waals surface area contributed by atoms with Crippen molar-refractivity contribution in [3.05, 3.63) is 29.8 Å². The molecule has 1 aromatic rings. The van der Waals surface area contributed by atoms with E-state index in [0.29, 0.717) is 19.3 Å². The van der Waals surface area contributed by atoms with E-state index in [1.165, 1.54) is 12.1 Å². The number of nitrogens with one attached hydrogen (secondary N) is 1. The molecule has 10 nitrogen and oxygen atoms in total. The molecule has 0 spiro atoms. The SMILES string of the molecule is COC(=O)C(C(=O)OC)C(CC(C)CCCCOS(=O)(=O)c1ccc(C)cc1)NC(=O)OC(C)(C)C. The highest BCUT2D eigenvalue weighted by Gasteiger charge is 2.39. The first-order chi connectivity index (χ1) is 16.7. The smallest absolute Gasteiger partial charge is 0.407 e. The molecular formula is C25H39NO9S. The van der Waals surface area contributed by atoms with Crippen LogP contribution in [0.3, 0.4) is 0 Å². The topological polar surface area (TPSA) is 134 Å². The number of benzene rings is 1. The lowest BCUT2D eigenvalue weighted by Crippen LogP contribution is -2.49. The maximum Gasteiger partial charge on any atom is 0.407 e. The molecule has 0 bridgehead atoms. The Morgan fingerprint density at radius 1 is 0.972 bits per heavy atom. The zero-order valence-electron chi connectivity index (χ0n) is 22.2. The molecule has 1 amide bonds. The summed E-state index contributed by atoms with van der Waals surface area (Å²) >= 11 is 0. The average Bonchev–Trinajstić information content (AvgIpc) is 2.77. The first-order valence-electron chi connectivity index (χ1n) is 11.8. The highest BCUT2D eigenvalue weighted by molar-refractivity contribution is 7.86. The quantitative estimate of drug-likeness (QED) is 0.133. The molecule has 2 atom stereocenters. The highest BCUT2D eigenvalue weighted by Crippen LogP contribution is 2.22. The van der Waals surface area contributed by atoms with Gasteiger partial charge >= 0.3 is 18.0 Å². The lowest BCUT2D eigenvalue weighted by molar-refractivity contribution is -0.160. The van der Waals surface area contributed by atoms with Crippen molar-refractivity contribution < 1.29 is 41.2 Å². The summed E-state index contributed by atoms with van der Waals surface area (Å²) in [5.74, 6) is -3.07. The van der Waals surface area contributed by atoms with Crippen LogP contribution in [0.1, 0.15) is 58.9 Å². The van der Waals surface area contributed by atoms with Crippen LogP contribution < -0.4 is 5.32 Å². The van der Waals surface area contributed by atoms with Crippen LogP contribution in [0.25, 0.3) is 0 Å². The van der Waals surface area contributed by atoms with Gasteiger partial charge in [0.15, 0.2) is 5.92 Å². The van der Waals surface area contributed by atoms with E-state index in [-0.39, 0.29) is 23.8 Å². The van der Waals surface area contributed by atoms with Crippen LogP contribution in [0.5, 0.6) is 0 Å². The zero-order valence-corrected chi connectivity index (χ0v) is 23.0. The number of amides is 1. The first kappa shape index (κ1) is 31.4. The van der Waals surface area contributed by atoms with Crippen LogP contribution in [0.4, 0.5) is 4.79 Å². The molecule has 2 unspecified atom stereocenters. The van der Waals surface area contributed by atoms with Gasteiger partial charge in [-0.3, -0.25) is 13.8 Å². The van der Waals surface area contributed by atoms with Crippen LogP contribution >= 0.6 is 0 Å². The van der Waals surface area contributed by atoms with Gasteiger partial charge in [0.05, 0.1) is 31.8 Å². The van der Waals surface area contributed by atoms with E-state index in [1.807, 2.05) is 13.8 Å². The van der Waals surface area contributed by atoms with Crippen molar-refractivity contribution in [2.75, 3.05) is 20.8 Å². The number of aryl methyl sites for hydroxylation is 1. The normalized spacial score (nSPS) is 13.6. The Kier molecular flexibility index (Phi) is 12.4. The summed E-state index contributed by atoms with van der Waals surface area (Å²) in [7, 11) is -1.53. The number of hydrogen-bond acceptors (Lipinski definition) is 9. The number of esters is 2. The molecule has 0 radical (unpaired) electrons. The van der Waals surface area contributed by atoms with Crippen LogP contribution in [0, 0.1) is 18.8 Å². The molecule has 1 N–H and O–H groups in total. The summed E-state index contributed by atoms with van der Waals surface area (Å²) in [4.78, 5) is 37.2. The monoisotopic (exact) mass is 529 g/mol. The third-order valence-electron chi connectivity index (χ3n) is 5.31. The Hall–Kier alpha value is -2.66. The summed E-state index contributed by atoms with van der Waals surface area (Å²) < 4.78 is 44.5. The Labute approximate surface area is 214 Å². The first-order valence-corrected chi connectivity index (χ1v) is 13.2. The number of rotatable bonds is 13. The number of carbonyl (C=O) groups is 3. The van der Waals surface area contributed by atoms with E-state index in [9.17, 15) is 22.8 Å². The minimum atomic E-state index is -3.83. The number of alkyl carbamates (subject to hydrolysis) is 1. The largest absolute Gasteiger partial charge is 0.468 e. The van der Waals surface area contributed by atoms with Gasteiger partial charge < -0.3 is 19.5 Å². The van der Waals surface area contributed by atoms with Gasteiger partial charge in [-0.25, -0.2) is 4.79 Å². The summed E-state index contributed by atoms with van der Waals surface area (Å²) in [5.41, 5.74) is 0.176. The summed E-state index contributed by atoms with van der Waals surface area (Å²) in [6, 6.07) is 5.49. The summed E-state index contributed by atoms with van der Waals surface area (Å²) in [6.07, 6.45) is 1.24. The second kappa shape index (κ2) is 14.2. The van der Waals surface area contributed by atoms with Gasteiger partial charge in [0, 0.05) is 0 Å². The second-order valence-electron chi connectivity index (χ2n) is 9.70. The molecule has 11 heteroatoms. The maximum atomic E-state index is 12.4. The average molecular weight is 530 g/mol.